The third-order valence-electron chi connectivity index (χ3n) is 5.62. The Morgan fingerprint density at radius 3 is 2.97 bits per heavy atom. The SMILES string of the molecule is Cc1nc(COc2cccc(C(=O)N3CC=C(c4c[nH]c5cc(F)ccc45)CC3)c2)cs1. The maximum atomic E-state index is 13.5. The van der Waals surface area contributed by atoms with Gasteiger partial charge in [0.05, 0.1) is 10.7 Å². The number of benzene rings is 2. The number of fused-ring (bicyclic) bond motifs is 1. The molecule has 32 heavy (non-hydrogen) atoms. The molecule has 0 radical (unpaired) electrons. The summed E-state index contributed by atoms with van der Waals surface area (Å²) in [7, 11) is 0. The molecule has 0 unspecified atom stereocenters. The molecule has 0 fully saturated rings. The summed E-state index contributed by atoms with van der Waals surface area (Å²) in [6.45, 7) is 3.50. The molecule has 0 bridgehead atoms. The molecule has 2 aromatic heterocycles. The maximum absolute atomic E-state index is 13.5. The summed E-state index contributed by atoms with van der Waals surface area (Å²) in [4.78, 5) is 22.4. The van der Waals surface area contributed by atoms with Gasteiger partial charge < -0.3 is 14.6 Å². The Morgan fingerprint density at radius 1 is 1.28 bits per heavy atom. The van der Waals surface area contributed by atoms with Crippen LogP contribution in [0.25, 0.3) is 16.5 Å². The lowest BCUT2D eigenvalue weighted by Crippen LogP contribution is -2.34. The summed E-state index contributed by atoms with van der Waals surface area (Å²) in [5.74, 6) is 0.380. The van der Waals surface area contributed by atoms with Crippen LogP contribution in [0.1, 0.15) is 33.0 Å². The van der Waals surface area contributed by atoms with Crippen molar-refractivity contribution in [3.63, 3.8) is 0 Å². The van der Waals surface area contributed by atoms with Gasteiger partial charge in [-0.25, -0.2) is 9.37 Å². The molecule has 2 aromatic carbocycles. The fraction of sp³-hybridized carbons (Fsp3) is 0.200. The van der Waals surface area contributed by atoms with Gasteiger partial charge in [0.1, 0.15) is 18.2 Å². The number of ether oxygens (including phenoxy) is 1. The summed E-state index contributed by atoms with van der Waals surface area (Å²) in [5, 5.41) is 3.98. The first-order valence-electron chi connectivity index (χ1n) is 10.5. The number of H-pyrrole nitrogens is 1. The van der Waals surface area contributed by atoms with Crippen LogP contribution in [-0.2, 0) is 6.61 Å². The smallest absolute Gasteiger partial charge is 0.254 e. The number of aromatic nitrogens is 2. The number of thiazole rings is 1. The van der Waals surface area contributed by atoms with Crippen LogP contribution in [0.15, 0.2) is 60.1 Å². The van der Waals surface area contributed by atoms with Crippen LogP contribution in [0.2, 0.25) is 0 Å². The Hall–Kier alpha value is -3.45. The largest absolute Gasteiger partial charge is 0.487 e. The van der Waals surface area contributed by atoms with Gasteiger partial charge in [0.15, 0.2) is 0 Å². The van der Waals surface area contributed by atoms with Crippen molar-refractivity contribution in [3.05, 3.63) is 87.8 Å². The topological polar surface area (TPSA) is 58.2 Å². The second-order valence-electron chi connectivity index (χ2n) is 7.80. The third kappa shape index (κ3) is 4.16. The van der Waals surface area contributed by atoms with Crippen LogP contribution in [0.4, 0.5) is 4.39 Å². The second-order valence-corrected chi connectivity index (χ2v) is 8.86. The van der Waals surface area contributed by atoms with Crippen LogP contribution in [-0.4, -0.2) is 33.9 Å². The molecule has 1 amide bonds. The highest BCUT2D eigenvalue weighted by Gasteiger charge is 2.21. The van der Waals surface area contributed by atoms with Crippen molar-refractivity contribution >= 4 is 33.7 Å². The van der Waals surface area contributed by atoms with Gasteiger partial charge in [-0.05, 0) is 55.3 Å². The number of amides is 1. The Balaban J connectivity index is 1.27. The minimum atomic E-state index is -0.256. The molecule has 1 N–H and O–H groups in total. The Labute approximate surface area is 189 Å². The molecule has 7 heteroatoms. The van der Waals surface area contributed by atoms with Crippen LogP contribution in [0.5, 0.6) is 5.75 Å². The van der Waals surface area contributed by atoms with E-state index >= 15 is 0 Å². The molecule has 0 saturated carbocycles. The van der Waals surface area contributed by atoms with Crippen molar-refractivity contribution in [3.8, 4) is 5.75 Å². The lowest BCUT2D eigenvalue weighted by Gasteiger charge is -2.26. The zero-order valence-electron chi connectivity index (χ0n) is 17.6. The van der Waals surface area contributed by atoms with E-state index in [4.69, 9.17) is 4.74 Å². The summed E-state index contributed by atoms with van der Waals surface area (Å²) in [5.41, 5.74) is 4.51. The minimum absolute atomic E-state index is 0.0174. The number of halogens is 1. The number of carbonyl (C=O) groups is 1. The van der Waals surface area contributed by atoms with Crippen LogP contribution in [0, 0.1) is 12.7 Å². The first-order chi connectivity index (χ1) is 15.6. The lowest BCUT2D eigenvalue weighted by molar-refractivity contribution is 0.0772. The number of rotatable bonds is 5. The van der Waals surface area contributed by atoms with Gasteiger partial charge in [-0.15, -0.1) is 11.3 Å². The van der Waals surface area contributed by atoms with Crippen molar-refractivity contribution in [2.24, 2.45) is 0 Å². The van der Waals surface area contributed by atoms with Crippen molar-refractivity contribution in [2.45, 2.75) is 20.0 Å². The Morgan fingerprint density at radius 2 is 2.19 bits per heavy atom. The summed E-state index contributed by atoms with van der Waals surface area (Å²) < 4.78 is 19.3. The maximum Gasteiger partial charge on any atom is 0.254 e. The fourth-order valence-electron chi connectivity index (χ4n) is 4.00. The predicted molar refractivity (Wildman–Crippen MR) is 124 cm³/mol. The van der Waals surface area contributed by atoms with E-state index in [-0.39, 0.29) is 11.7 Å². The molecule has 0 saturated heterocycles. The Bertz CT molecular complexity index is 1320. The van der Waals surface area contributed by atoms with Gasteiger partial charge in [0.25, 0.3) is 5.91 Å². The quantitative estimate of drug-likeness (QED) is 0.434. The first kappa shape index (κ1) is 20.5. The van der Waals surface area contributed by atoms with E-state index in [0.29, 0.717) is 31.0 Å². The first-order valence-corrected chi connectivity index (χ1v) is 11.3. The zero-order valence-corrected chi connectivity index (χ0v) is 18.4. The molecule has 0 spiro atoms. The number of nitrogens with zero attached hydrogens (tertiary/aromatic N) is 2. The van der Waals surface area contributed by atoms with Gasteiger partial charge in [-0.2, -0.15) is 0 Å². The van der Waals surface area contributed by atoms with Gasteiger partial charge >= 0.3 is 0 Å². The number of hydrogen-bond donors (Lipinski definition) is 1. The van der Waals surface area contributed by atoms with Gasteiger partial charge in [-0.1, -0.05) is 12.1 Å². The van der Waals surface area contributed by atoms with E-state index in [1.165, 1.54) is 17.7 Å². The number of carbonyl (C=O) groups excluding carboxylic acids is 1. The number of aromatic amines is 1. The van der Waals surface area contributed by atoms with E-state index in [0.717, 1.165) is 33.6 Å². The highest BCUT2D eigenvalue weighted by atomic mass is 32.1. The highest BCUT2D eigenvalue weighted by Crippen LogP contribution is 2.30. The molecule has 5 nitrogen and oxygen atoms in total. The third-order valence-corrected chi connectivity index (χ3v) is 6.44. The molecular formula is C25H22FN3O2S. The fourth-order valence-corrected chi connectivity index (χ4v) is 4.59. The molecule has 0 aliphatic carbocycles. The second kappa shape index (κ2) is 8.59. The molecular weight excluding hydrogens is 425 g/mol. The van der Waals surface area contributed by atoms with E-state index in [9.17, 15) is 9.18 Å². The van der Waals surface area contributed by atoms with Crippen molar-refractivity contribution in [1.82, 2.24) is 14.9 Å². The molecule has 1 aliphatic rings. The lowest BCUT2D eigenvalue weighted by atomic mass is 9.98. The molecule has 0 atom stereocenters. The molecule has 4 aromatic rings. The van der Waals surface area contributed by atoms with Crippen LogP contribution >= 0.6 is 11.3 Å². The molecule has 162 valence electrons. The summed E-state index contributed by atoms with van der Waals surface area (Å²) >= 11 is 1.59. The Kier molecular flexibility index (Phi) is 5.49. The van der Waals surface area contributed by atoms with E-state index < -0.39 is 0 Å². The summed E-state index contributed by atoms with van der Waals surface area (Å²) in [6.07, 6.45) is 4.74. The average Bonchev–Trinajstić information content (AvgIpc) is 3.43. The normalized spacial score (nSPS) is 13.9. The zero-order chi connectivity index (χ0) is 22.1. The molecule has 1 aliphatic heterocycles. The number of hydrogen-bond acceptors (Lipinski definition) is 4. The van der Waals surface area contributed by atoms with E-state index in [2.05, 4.69) is 16.0 Å². The minimum Gasteiger partial charge on any atom is -0.487 e. The molecule has 3 heterocycles. The van der Waals surface area contributed by atoms with Gasteiger partial charge in [0, 0.05) is 46.7 Å². The highest BCUT2D eigenvalue weighted by molar-refractivity contribution is 7.09. The number of nitrogens with one attached hydrogen (secondary N) is 1. The van der Waals surface area contributed by atoms with Gasteiger partial charge in [-0.3, -0.25) is 4.79 Å². The average molecular weight is 448 g/mol. The van der Waals surface area contributed by atoms with Crippen molar-refractivity contribution < 1.29 is 13.9 Å². The molecule has 5 rings (SSSR count). The van der Waals surface area contributed by atoms with Crippen LogP contribution < -0.4 is 4.74 Å². The standard InChI is InChI=1S/C25H22FN3O2S/c1-16-28-20(15-32-16)14-31-21-4-2-3-18(11-21)25(30)29-9-7-17(8-10-29)23-13-27-24-12-19(26)5-6-22(23)24/h2-7,11-13,15,27H,8-10,14H2,1H3. The summed E-state index contributed by atoms with van der Waals surface area (Å²) in [6, 6.07) is 12.1. The monoisotopic (exact) mass is 447 g/mol. The van der Waals surface area contributed by atoms with E-state index in [1.54, 1.807) is 23.5 Å². The predicted octanol–water partition coefficient (Wildman–Crippen LogP) is 5.58. The van der Waals surface area contributed by atoms with Gasteiger partial charge in [0.2, 0.25) is 0 Å². The van der Waals surface area contributed by atoms with Crippen molar-refractivity contribution in [1.29, 1.82) is 0 Å². The van der Waals surface area contributed by atoms with Crippen LogP contribution in [0.3, 0.4) is 0 Å². The van der Waals surface area contributed by atoms with E-state index in [1.807, 2.05) is 41.6 Å². The van der Waals surface area contributed by atoms with Crippen molar-refractivity contribution in [2.75, 3.05) is 13.1 Å². The number of aryl methyl sites for hydroxylation is 1.